The topological polar surface area (TPSA) is 0 Å². The summed E-state index contributed by atoms with van der Waals surface area (Å²) in [6, 6.07) is 4.68. The average molecular weight is 525 g/mol. The Balaban J connectivity index is 0.000000208. The van der Waals surface area contributed by atoms with Crippen LogP contribution in [0.1, 0.15) is 76.8 Å². The monoisotopic (exact) mass is 526 g/mol. The molecule has 4 rings (SSSR count). The van der Waals surface area contributed by atoms with E-state index in [0.29, 0.717) is 0 Å². The molecule has 0 N–H and O–H groups in total. The maximum Gasteiger partial charge on any atom is 0 e. The normalized spacial score (nSPS) is 14.3. The van der Waals surface area contributed by atoms with Gasteiger partial charge in [-0.2, -0.15) is 33.4 Å². The molecule has 0 fully saturated rings. The Labute approximate surface area is 185 Å². The third kappa shape index (κ3) is 4.44. The van der Waals surface area contributed by atoms with E-state index in [4.69, 9.17) is 0 Å². The molecule has 0 bridgehead atoms. The van der Waals surface area contributed by atoms with Crippen molar-refractivity contribution >= 4 is 5.57 Å². The van der Waals surface area contributed by atoms with E-state index < -0.39 is 0 Å². The second kappa shape index (κ2) is 9.12. The minimum atomic E-state index is 0. The zero-order valence-electron chi connectivity index (χ0n) is 18.3. The maximum atomic E-state index is 3.60. The van der Waals surface area contributed by atoms with Crippen LogP contribution < -0.4 is 0 Å². The fraction of sp³-hybridized carbons (Fsp3) is 0.500. The molecule has 2 aromatic rings. The predicted octanol–water partition coefficient (Wildman–Crippen LogP) is 6.91. The molecular formula is C26H34Hf-2. The van der Waals surface area contributed by atoms with Crippen molar-refractivity contribution in [2.45, 2.75) is 80.6 Å². The molecule has 0 radical (unpaired) electrons. The quantitative estimate of drug-likeness (QED) is 0.296. The average Bonchev–Trinajstić information content (AvgIpc) is 3.28. The molecule has 2 aromatic carbocycles. The third-order valence-corrected chi connectivity index (χ3v) is 6.59. The van der Waals surface area contributed by atoms with Gasteiger partial charge in [0.2, 0.25) is 0 Å². The van der Waals surface area contributed by atoms with E-state index >= 15 is 0 Å². The Morgan fingerprint density at radius 1 is 0.963 bits per heavy atom. The Bertz CT molecular complexity index is 766. The third-order valence-electron chi connectivity index (χ3n) is 6.59. The van der Waals surface area contributed by atoms with Crippen LogP contribution in [-0.4, -0.2) is 0 Å². The molecule has 0 aromatic heterocycles. The largest absolute Gasteiger partial charge is 0.268 e. The summed E-state index contributed by atoms with van der Waals surface area (Å²) in [6.45, 7) is 15.6. The summed E-state index contributed by atoms with van der Waals surface area (Å²) in [4.78, 5) is 0. The minimum Gasteiger partial charge on any atom is -0.268 e. The van der Waals surface area contributed by atoms with Crippen molar-refractivity contribution in [2.24, 2.45) is 5.92 Å². The summed E-state index contributed by atoms with van der Waals surface area (Å²) in [5.74, 6) is 0.741. The van der Waals surface area contributed by atoms with Crippen molar-refractivity contribution in [3.05, 3.63) is 68.3 Å². The van der Waals surface area contributed by atoms with E-state index in [1.54, 1.807) is 16.7 Å². The van der Waals surface area contributed by atoms with Gasteiger partial charge in [0, 0.05) is 25.8 Å². The smallest absolute Gasteiger partial charge is 0 e. The Kier molecular flexibility index (Phi) is 7.59. The van der Waals surface area contributed by atoms with Gasteiger partial charge in [-0.1, -0.05) is 72.6 Å². The van der Waals surface area contributed by atoms with Crippen LogP contribution in [0.4, 0.5) is 0 Å². The van der Waals surface area contributed by atoms with Crippen LogP contribution in [0.3, 0.4) is 0 Å². The first kappa shape index (κ1) is 22.5. The number of benzene rings is 1. The van der Waals surface area contributed by atoms with Gasteiger partial charge in [0.1, 0.15) is 0 Å². The zero-order valence-corrected chi connectivity index (χ0v) is 21.9. The van der Waals surface area contributed by atoms with Crippen LogP contribution in [0, 0.1) is 46.6 Å². The van der Waals surface area contributed by atoms with Crippen molar-refractivity contribution in [3.63, 3.8) is 0 Å². The van der Waals surface area contributed by atoms with E-state index in [1.807, 2.05) is 0 Å². The Hall–Kier alpha value is -0.820. The molecule has 0 saturated carbocycles. The zero-order chi connectivity index (χ0) is 19.0. The van der Waals surface area contributed by atoms with Crippen LogP contribution in [0.25, 0.3) is 5.57 Å². The van der Waals surface area contributed by atoms with Gasteiger partial charge in [-0.15, -0.1) is 17.5 Å². The summed E-state index contributed by atoms with van der Waals surface area (Å²) in [7, 11) is 0. The molecule has 1 heteroatoms. The second-order valence-electron chi connectivity index (χ2n) is 8.65. The first-order valence-corrected chi connectivity index (χ1v) is 10.2. The van der Waals surface area contributed by atoms with Crippen LogP contribution in [0.2, 0.25) is 0 Å². The SMILES string of the molecule is CC(C)CC1=[C-]Cc2ccc3c(c21)CCC3.Cc1c(C)c(C)[c-](C)c1C.[Hf]. The van der Waals surface area contributed by atoms with Gasteiger partial charge in [0.25, 0.3) is 0 Å². The number of allylic oxidation sites excluding steroid dienone is 2. The molecule has 0 amide bonds. The number of hydrogen-bond donors (Lipinski definition) is 0. The van der Waals surface area contributed by atoms with E-state index in [1.165, 1.54) is 64.6 Å². The second-order valence-corrected chi connectivity index (χ2v) is 8.65. The predicted molar refractivity (Wildman–Crippen MR) is 114 cm³/mol. The van der Waals surface area contributed by atoms with Gasteiger partial charge in [0.05, 0.1) is 0 Å². The molecule has 0 heterocycles. The van der Waals surface area contributed by atoms with Gasteiger partial charge in [-0.3, -0.25) is 6.08 Å². The number of fused-ring (bicyclic) bond motifs is 3. The standard InChI is InChI=1S/C16H19.C10H15.Hf/c1-11(2)10-14-9-8-13-7-6-12-4-3-5-15(12)16(13)14;1-6-7(2)9(4)10(5)8(6)3;/h6-7,11H,3-5,8,10H2,1-2H3;1-5H3;/q2*-1;. The van der Waals surface area contributed by atoms with Gasteiger partial charge in [-0.25, -0.2) is 5.57 Å². The van der Waals surface area contributed by atoms with Gasteiger partial charge in [0.15, 0.2) is 0 Å². The van der Waals surface area contributed by atoms with Crippen molar-refractivity contribution in [1.82, 2.24) is 0 Å². The minimum absolute atomic E-state index is 0. The molecule has 0 nitrogen and oxygen atoms in total. The number of rotatable bonds is 2. The summed E-state index contributed by atoms with van der Waals surface area (Å²) < 4.78 is 0. The summed E-state index contributed by atoms with van der Waals surface area (Å²) in [5.41, 5.74) is 15.2. The van der Waals surface area contributed by atoms with Crippen molar-refractivity contribution in [2.75, 3.05) is 0 Å². The Morgan fingerprint density at radius 3 is 2.07 bits per heavy atom. The molecule has 27 heavy (non-hydrogen) atoms. The molecule has 0 unspecified atom stereocenters. The van der Waals surface area contributed by atoms with Crippen LogP contribution in [0.5, 0.6) is 0 Å². The maximum absolute atomic E-state index is 3.60. The first-order chi connectivity index (χ1) is 12.3. The number of aryl methyl sites for hydroxylation is 1. The van der Waals surface area contributed by atoms with Gasteiger partial charge in [-0.05, 0) is 25.2 Å². The van der Waals surface area contributed by atoms with Crippen molar-refractivity contribution in [3.8, 4) is 0 Å². The molecule has 2 aliphatic rings. The molecule has 0 aliphatic heterocycles. The molecule has 0 atom stereocenters. The van der Waals surface area contributed by atoms with E-state index in [0.717, 1.165) is 12.3 Å². The van der Waals surface area contributed by atoms with E-state index in [2.05, 4.69) is 66.7 Å². The van der Waals surface area contributed by atoms with Gasteiger partial charge >= 0.3 is 0 Å². The Morgan fingerprint density at radius 2 is 1.56 bits per heavy atom. The van der Waals surface area contributed by atoms with Gasteiger partial charge < -0.3 is 0 Å². The summed E-state index contributed by atoms with van der Waals surface area (Å²) in [5, 5.41) is 0. The van der Waals surface area contributed by atoms with Crippen LogP contribution in [0.15, 0.2) is 12.1 Å². The molecular weight excluding hydrogens is 491 g/mol. The van der Waals surface area contributed by atoms with Crippen molar-refractivity contribution < 1.29 is 25.8 Å². The molecule has 2 aliphatic carbocycles. The molecule has 144 valence electrons. The summed E-state index contributed by atoms with van der Waals surface area (Å²) >= 11 is 0. The van der Waals surface area contributed by atoms with E-state index in [-0.39, 0.29) is 25.8 Å². The van der Waals surface area contributed by atoms with Crippen LogP contribution in [-0.2, 0) is 45.1 Å². The van der Waals surface area contributed by atoms with Crippen molar-refractivity contribution in [1.29, 1.82) is 0 Å². The summed E-state index contributed by atoms with van der Waals surface area (Å²) in [6.07, 6.45) is 9.77. The van der Waals surface area contributed by atoms with Crippen LogP contribution >= 0.6 is 0 Å². The number of hydrogen-bond acceptors (Lipinski definition) is 0. The van der Waals surface area contributed by atoms with E-state index in [9.17, 15) is 0 Å². The molecule has 0 saturated heterocycles. The fourth-order valence-corrected chi connectivity index (χ4v) is 4.52. The first-order valence-electron chi connectivity index (χ1n) is 10.2. The molecule has 0 spiro atoms. The fourth-order valence-electron chi connectivity index (χ4n) is 4.52.